The van der Waals surface area contributed by atoms with Crippen LogP contribution in [0.15, 0.2) is 6.20 Å². The lowest BCUT2D eigenvalue weighted by Gasteiger charge is -2.16. The van der Waals surface area contributed by atoms with Crippen molar-refractivity contribution in [1.29, 1.82) is 0 Å². The first kappa shape index (κ1) is 11.3. The molecule has 1 aromatic rings. The molecule has 0 radical (unpaired) electrons. The summed E-state index contributed by atoms with van der Waals surface area (Å²) in [5, 5.41) is 10.6. The Morgan fingerprint density at radius 1 is 1.53 bits per heavy atom. The van der Waals surface area contributed by atoms with Crippen LogP contribution in [0.4, 0.5) is 11.5 Å². The second kappa shape index (κ2) is 3.77. The largest absolute Gasteiger partial charge is 0.330 e. The summed E-state index contributed by atoms with van der Waals surface area (Å²) < 4.78 is 0. The predicted molar refractivity (Wildman–Crippen MR) is 55.2 cm³/mol. The van der Waals surface area contributed by atoms with E-state index in [4.69, 9.17) is 5.84 Å². The van der Waals surface area contributed by atoms with E-state index in [-0.39, 0.29) is 16.9 Å². The highest BCUT2D eigenvalue weighted by Crippen LogP contribution is 2.24. The van der Waals surface area contributed by atoms with Gasteiger partial charge in [-0.3, -0.25) is 10.1 Å². The predicted octanol–water partition coefficient (Wildman–Crippen LogP) is 0.968. The first-order chi connectivity index (χ1) is 6.86. The van der Waals surface area contributed by atoms with Crippen molar-refractivity contribution < 1.29 is 4.92 Å². The molecule has 1 rings (SSSR count). The van der Waals surface area contributed by atoms with Crippen LogP contribution in [0.1, 0.15) is 26.6 Å². The summed E-state index contributed by atoms with van der Waals surface area (Å²) in [7, 11) is 0. The zero-order chi connectivity index (χ0) is 11.6. The first-order valence-corrected chi connectivity index (χ1v) is 4.35. The average Bonchev–Trinajstić information content (AvgIpc) is 2.15. The van der Waals surface area contributed by atoms with E-state index in [1.54, 1.807) is 0 Å². The van der Waals surface area contributed by atoms with Crippen molar-refractivity contribution in [2.24, 2.45) is 5.84 Å². The number of nitrogen functional groups attached to an aromatic ring is 1. The zero-order valence-corrected chi connectivity index (χ0v) is 8.81. The fourth-order valence-electron chi connectivity index (χ4n) is 0.977. The number of nitrogens with two attached hydrogens (primary N) is 1. The Bertz CT molecular complexity index is 385. The van der Waals surface area contributed by atoms with Gasteiger partial charge in [0, 0.05) is 5.41 Å². The van der Waals surface area contributed by atoms with Gasteiger partial charge in [-0.25, -0.2) is 15.8 Å². The summed E-state index contributed by atoms with van der Waals surface area (Å²) in [5.74, 6) is 5.68. The van der Waals surface area contributed by atoms with Crippen LogP contribution in [-0.4, -0.2) is 14.9 Å². The van der Waals surface area contributed by atoms with Crippen LogP contribution in [0.5, 0.6) is 0 Å². The van der Waals surface area contributed by atoms with E-state index in [1.165, 1.54) is 0 Å². The monoisotopic (exact) mass is 211 g/mol. The summed E-state index contributed by atoms with van der Waals surface area (Å²) >= 11 is 0. The second-order valence-electron chi connectivity index (χ2n) is 4.08. The molecule has 0 aliphatic rings. The van der Waals surface area contributed by atoms with Gasteiger partial charge in [0.15, 0.2) is 0 Å². The van der Waals surface area contributed by atoms with E-state index in [0.717, 1.165) is 6.20 Å². The molecule has 0 aliphatic carbocycles. The minimum Gasteiger partial charge on any atom is -0.303 e. The number of hydrazine groups is 1. The quantitative estimate of drug-likeness (QED) is 0.428. The van der Waals surface area contributed by atoms with Gasteiger partial charge in [0.2, 0.25) is 5.82 Å². The Balaban J connectivity index is 3.25. The molecule has 0 amide bonds. The van der Waals surface area contributed by atoms with Gasteiger partial charge < -0.3 is 5.43 Å². The molecule has 1 aromatic heterocycles. The SMILES string of the molecule is CC(C)(C)c1ncc([N+](=O)[O-])c(NN)n1. The fourth-order valence-corrected chi connectivity index (χ4v) is 0.977. The number of rotatable bonds is 2. The number of nitrogens with one attached hydrogen (secondary N) is 1. The highest BCUT2D eigenvalue weighted by atomic mass is 16.6. The van der Waals surface area contributed by atoms with Gasteiger partial charge >= 0.3 is 5.69 Å². The molecule has 7 heteroatoms. The van der Waals surface area contributed by atoms with Crippen LogP contribution >= 0.6 is 0 Å². The number of nitrogens with zero attached hydrogens (tertiary/aromatic N) is 3. The number of hydrogen-bond acceptors (Lipinski definition) is 6. The third-order valence-electron chi connectivity index (χ3n) is 1.77. The van der Waals surface area contributed by atoms with E-state index in [1.807, 2.05) is 20.8 Å². The summed E-state index contributed by atoms with van der Waals surface area (Å²) in [4.78, 5) is 17.9. The molecule has 0 aromatic carbocycles. The molecule has 3 N–H and O–H groups in total. The lowest BCUT2D eigenvalue weighted by molar-refractivity contribution is -0.384. The van der Waals surface area contributed by atoms with Crippen LogP contribution in [0.25, 0.3) is 0 Å². The van der Waals surface area contributed by atoms with Crippen molar-refractivity contribution in [2.45, 2.75) is 26.2 Å². The van der Waals surface area contributed by atoms with Gasteiger partial charge in [0.05, 0.1) is 4.92 Å². The van der Waals surface area contributed by atoms with Gasteiger partial charge in [-0.15, -0.1) is 0 Å². The lowest BCUT2D eigenvalue weighted by atomic mass is 9.96. The van der Waals surface area contributed by atoms with Gasteiger partial charge in [0.25, 0.3) is 0 Å². The molecule has 1 heterocycles. The molecular weight excluding hydrogens is 198 g/mol. The molecule has 0 unspecified atom stereocenters. The molecular formula is C8H13N5O2. The highest BCUT2D eigenvalue weighted by Gasteiger charge is 2.22. The summed E-state index contributed by atoms with van der Waals surface area (Å²) in [6, 6.07) is 0. The number of aromatic nitrogens is 2. The Morgan fingerprint density at radius 3 is 2.53 bits per heavy atom. The van der Waals surface area contributed by atoms with E-state index < -0.39 is 4.92 Å². The first-order valence-electron chi connectivity index (χ1n) is 4.35. The van der Waals surface area contributed by atoms with E-state index >= 15 is 0 Å². The third kappa shape index (κ3) is 2.38. The number of hydrogen-bond donors (Lipinski definition) is 2. The Labute approximate surface area is 86.8 Å². The molecule has 7 nitrogen and oxygen atoms in total. The van der Waals surface area contributed by atoms with Crippen molar-refractivity contribution in [3.05, 3.63) is 22.1 Å². The summed E-state index contributed by atoms with van der Waals surface area (Å²) in [6.45, 7) is 5.73. The van der Waals surface area contributed by atoms with Gasteiger partial charge in [-0.1, -0.05) is 20.8 Å². The van der Waals surface area contributed by atoms with Crippen molar-refractivity contribution in [3.8, 4) is 0 Å². The Kier molecular flexibility index (Phi) is 2.85. The standard InChI is InChI=1S/C8H13N5O2/c1-8(2,3)7-10-4-5(13(14)15)6(11-7)12-9/h4H,9H2,1-3H3,(H,10,11,12). The van der Waals surface area contributed by atoms with E-state index in [9.17, 15) is 10.1 Å². The Hall–Kier alpha value is -1.76. The van der Waals surface area contributed by atoms with Crippen molar-refractivity contribution >= 4 is 11.5 Å². The summed E-state index contributed by atoms with van der Waals surface area (Å²) in [5.41, 5.74) is 1.69. The van der Waals surface area contributed by atoms with Crippen molar-refractivity contribution in [1.82, 2.24) is 9.97 Å². The van der Waals surface area contributed by atoms with Gasteiger partial charge in [-0.05, 0) is 0 Å². The minimum absolute atomic E-state index is 0.0277. The van der Waals surface area contributed by atoms with E-state index in [0.29, 0.717) is 5.82 Å². The average molecular weight is 211 g/mol. The van der Waals surface area contributed by atoms with Crippen LogP contribution in [0.3, 0.4) is 0 Å². The molecule has 0 saturated carbocycles. The molecule has 0 fully saturated rings. The maximum absolute atomic E-state index is 10.6. The third-order valence-corrected chi connectivity index (χ3v) is 1.77. The zero-order valence-electron chi connectivity index (χ0n) is 8.81. The van der Waals surface area contributed by atoms with Crippen LogP contribution in [-0.2, 0) is 5.41 Å². The summed E-state index contributed by atoms with van der Waals surface area (Å²) in [6.07, 6.45) is 1.16. The lowest BCUT2D eigenvalue weighted by Crippen LogP contribution is -2.19. The highest BCUT2D eigenvalue weighted by molar-refractivity contribution is 5.53. The van der Waals surface area contributed by atoms with Crippen molar-refractivity contribution in [2.75, 3.05) is 5.43 Å². The molecule has 0 saturated heterocycles. The molecule has 82 valence electrons. The fraction of sp³-hybridized carbons (Fsp3) is 0.500. The maximum atomic E-state index is 10.6. The van der Waals surface area contributed by atoms with Crippen LogP contribution in [0, 0.1) is 10.1 Å². The second-order valence-corrected chi connectivity index (χ2v) is 4.08. The minimum atomic E-state index is -0.582. The molecule has 0 spiro atoms. The topological polar surface area (TPSA) is 107 Å². The number of anilines is 1. The van der Waals surface area contributed by atoms with Crippen molar-refractivity contribution in [3.63, 3.8) is 0 Å². The number of nitro groups is 1. The molecule has 0 atom stereocenters. The smallest absolute Gasteiger partial charge is 0.303 e. The maximum Gasteiger partial charge on any atom is 0.330 e. The normalized spacial score (nSPS) is 11.2. The Morgan fingerprint density at radius 2 is 2.13 bits per heavy atom. The van der Waals surface area contributed by atoms with Gasteiger partial charge in [0.1, 0.15) is 12.0 Å². The van der Waals surface area contributed by atoms with Crippen LogP contribution in [0.2, 0.25) is 0 Å². The van der Waals surface area contributed by atoms with E-state index in [2.05, 4.69) is 15.4 Å². The van der Waals surface area contributed by atoms with Gasteiger partial charge in [-0.2, -0.15) is 0 Å². The molecule has 0 bridgehead atoms. The molecule has 0 aliphatic heterocycles. The van der Waals surface area contributed by atoms with Crippen LogP contribution < -0.4 is 11.3 Å². The molecule has 15 heavy (non-hydrogen) atoms.